The van der Waals surface area contributed by atoms with Crippen molar-refractivity contribution >= 4 is 29.9 Å². The van der Waals surface area contributed by atoms with Gasteiger partial charge in [0.2, 0.25) is 0 Å². The van der Waals surface area contributed by atoms with Crippen LogP contribution in [0.2, 0.25) is 0 Å². The first-order chi connectivity index (χ1) is 1.73. The van der Waals surface area contributed by atoms with Crippen molar-refractivity contribution < 1.29 is 9.90 Å². The second kappa shape index (κ2) is 4.20. The van der Waals surface area contributed by atoms with Crippen LogP contribution in [0, 0.1) is 0 Å². The van der Waals surface area contributed by atoms with Gasteiger partial charge in [0.05, 0.1) is 0 Å². The largest absolute Gasteiger partial charge is 0.481 e. The van der Waals surface area contributed by atoms with Crippen LogP contribution in [0.4, 0.5) is 0 Å². The topological polar surface area (TPSA) is 37.3 Å². The molecule has 0 saturated carbocycles. The Morgan fingerprint density at radius 3 is 1.80 bits per heavy atom. The van der Waals surface area contributed by atoms with Gasteiger partial charge < -0.3 is 5.11 Å². The van der Waals surface area contributed by atoms with Crippen molar-refractivity contribution in [1.29, 1.82) is 0 Å². The number of aliphatic carboxylic acids is 1. The molecule has 0 unspecified atom stereocenters. The Kier molecular flexibility index (Phi) is 7.52. The number of rotatable bonds is 0. The Morgan fingerprint density at radius 1 is 1.80 bits per heavy atom. The number of carboxylic acids is 1. The molecule has 1 N–H and O–H groups in total. The van der Waals surface area contributed by atoms with Crippen molar-refractivity contribution in [2.24, 2.45) is 0 Å². The molecule has 0 spiro atoms. The van der Waals surface area contributed by atoms with Crippen molar-refractivity contribution in [2.45, 2.75) is 6.92 Å². The quantitative estimate of drug-likeness (QED) is 0.568. The molecule has 0 aromatic heterocycles. The van der Waals surface area contributed by atoms with Gasteiger partial charge in [-0.3, -0.25) is 4.79 Å². The Labute approximate surface area is 47.2 Å². The van der Waals surface area contributed by atoms with E-state index in [1.165, 1.54) is 0 Å². The summed E-state index contributed by atoms with van der Waals surface area (Å²) < 4.78 is 0. The molecule has 32 valence electrons. The van der Waals surface area contributed by atoms with Gasteiger partial charge in [-0.15, -0.1) is 24.0 Å². The lowest BCUT2D eigenvalue weighted by Gasteiger charge is -1.59. The van der Waals surface area contributed by atoms with Gasteiger partial charge in [0.15, 0.2) is 0 Å². The second-order valence-electron chi connectivity index (χ2n) is 0.519. The monoisotopic (exact) mass is 188 g/mol. The molecule has 3 heteroatoms. The number of hydrogen-bond donors (Lipinski definition) is 1. The molecule has 0 aliphatic carbocycles. The molecule has 0 aliphatic heterocycles. The van der Waals surface area contributed by atoms with Gasteiger partial charge in [-0.1, -0.05) is 0 Å². The molecular weight excluding hydrogens is 183 g/mol. The smallest absolute Gasteiger partial charge is 0.300 e. The van der Waals surface area contributed by atoms with Crippen LogP contribution in [0.5, 0.6) is 0 Å². The number of hydrogen-bond acceptors (Lipinski definition) is 1. The van der Waals surface area contributed by atoms with Gasteiger partial charge in [-0.05, 0) is 0 Å². The van der Waals surface area contributed by atoms with Gasteiger partial charge >= 0.3 is 0 Å². The lowest BCUT2D eigenvalue weighted by Crippen LogP contribution is -1.78. The van der Waals surface area contributed by atoms with E-state index in [-0.39, 0.29) is 24.0 Å². The molecular formula is C2H5IO2. The maximum Gasteiger partial charge on any atom is 0.300 e. The highest BCUT2D eigenvalue weighted by molar-refractivity contribution is 14.0. The Morgan fingerprint density at radius 2 is 1.80 bits per heavy atom. The zero-order chi connectivity index (χ0) is 3.58. The Bertz CT molecular complexity index is 30.6. The summed E-state index contributed by atoms with van der Waals surface area (Å²) in [6.45, 7) is 1.08. The highest BCUT2D eigenvalue weighted by Crippen LogP contribution is 1.42. The molecule has 0 amide bonds. The molecule has 0 aliphatic rings. The van der Waals surface area contributed by atoms with Crippen molar-refractivity contribution in [3.8, 4) is 0 Å². The first-order valence-corrected chi connectivity index (χ1v) is 0.928. The van der Waals surface area contributed by atoms with Crippen LogP contribution in [0.1, 0.15) is 6.92 Å². The van der Waals surface area contributed by atoms with E-state index in [0.717, 1.165) is 6.92 Å². The fraction of sp³-hybridized carbons (Fsp3) is 0.500. The van der Waals surface area contributed by atoms with Crippen molar-refractivity contribution in [2.75, 3.05) is 0 Å². The normalized spacial score (nSPS) is 5.00. The van der Waals surface area contributed by atoms with E-state index in [2.05, 4.69) is 0 Å². The summed E-state index contributed by atoms with van der Waals surface area (Å²) in [7, 11) is 0. The van der Waals surface area contributed by atoms with E-state index in [0.29, 0.717) is 0 Å². The lowest BCUT2D eigenvalue weighted by atomic mass is 10.9. The molecule has 0 aromatic carbocycles. The molecule has 0 radical (unpaired) electrons. The minimum absolute atomic E-state index is 0. The third-order valence-electron chi connectivity index (χ3n) is 0. The first kappa shape index (κ1) is 8.96. The maximum atomic E-state index is 9.00. The average molecular weight is 188 g/mol. The van der Waals surface area contributed by atoms with Gasteiger partial charge in [0.1, 0.15) is 0 Å². The van der Waals surface area contributed by atoms with Crippen LogP contribution in [-0.2, 0) is 4.79 Å². The zero-order valence-corrected chi connectivity index (χ0v) is 5.09. The van der Waals surface area contributed by atoms with Crippen molar-refractivity contribution in [1.82, 2.24) is 0 Å². The van der Waals surface area contributed by atoms with Crippen LogP contribution in [0.3, 0.4) is 0 Å². The third-order valence-corrected chi connectivity index (χ3v) is 0. The summed E-state index contributed by atoms with van der Waals surface area (Å²) in [6, 6.07) is 0. The summed E-state index contributed by atoms with van der Waals surface area (Å²) in [4.78, 5) is 9.00. The highest BCUT2D eigenvalue weighted by atomic mass is 127. The average Bonchev–Trinajstić information content (AvgIpc) is 0.811. The summed E-state index contributed by atoms with van der Waals surface area (Å²) in [5.41, 5.74) is 0. The van der Waals surface area contributed by atoms with Crippen LogP contribution < -0.4 is 0 Å². The molecule has 0 bridgehead atoms. The molecule has 0 aromatic rings. The SMILES string of the molecule is CC(=O)O.I. The molecule has 0 saturated heterocycles. The standard InChI is InChI=1S/C2H4O2.HI/c1-2(3)4;/h1H3,(H,3,4);1H. The minimum atomic E-state index is -0.833. The van der Waals surface area contributed by atoms with Crippen molar-refractivity contribution in [3.05, 3.63) is 0 Å². The van der Waals surface area contributed by atoms with Gasteiger partial charge in [0.25, 0.3) is 5.97 Å². The number of halogens is 1. The second-order valence-corrected chi connectivity index (χ2v) is 0.519. The van der Waals surface area contributed by atoms with Crippen molar-refractivity contribution in [3.63, 3.8) is 0 Å². The van der Waals surface area contributed by atoms with E-state index in [1.54, 1.807) is 0 Å². The summed E-state index contributed by atoms with van der Waals surface area (Å²) in [5.74, 6) is -0.833. The predicted octanol–water partition coefficient (Wildman–Crippen LogP) is 0.709. The number of carbonyl (C=O) groups is 1. The van der Waals surface area contributed by atoms with E-state index < -0.39 is 5.97 Å². The number of carboxylic acid groups (broad SMARTS) is 1. The van der Waals surface area contributed by atoms with E-state index in [4.69, 9.17) is 9.90 Å². The van der Waals surface area contributed by atoms with Crippen LogP contribution >= 0.6 is 24.0 Å². The highest BCUT2D eigenvalue weighted by Gasteiger charge is 1.65. The zero-order valence-electron chi connectivity index (χ0n) is 2.76. The third kappa shape index (κ3) is 508. The van der Waals surface area contributed by atoms with E-state index in [9.17, 15) is 0 Å². The molecule has 0 heterocycles. The Balaban J connectivity index is 0. The van der Waals surface area contributed by atoms with Gasteiger partial charge in [-0.25, -0.2) is 0 Å². The minimum Gasteiger partial charge on any atom is -0.481 e. The fourth-order valence-electron chi connectivity index (χ4n) is 0. The van der Waals surface area contributed by atoms with Gasteiger partial charge in [-0.2, -0.15) is 0 Å². The lowest BCUT2D eigenvalue weighted by molar-refractivity contribution is -0.134. The van der Waals surface area contributed by atoms with Crippen LogP contribution in [0.25, 0.3) is 0 Å². The maximum absolute atomic E-state index is 9.00. The molecule has 2 nitrogen and oxygen atoms in total. The summed E-state index contributed by atoms with van der Waals surface area (Å²) in [5, 5.41) is 7.42. The molecule has 0 rings (SSSR count). The fourth-order valence-corrected chi connectivity index (χ4v) is 0. The predicted molar refractivity (Wildman–Crippen MR) is 28.7 cm³/mol. The summed E-state index contributed by atoms with van der Waals surface area (Å²) >= 11 is 0. The molecule has 0 atom stereocenters. The Hall–Kier alpha value is 0.200. The van der Waals surface area contributed by atoms with E-state index >= 15 is 0 Å². The van der Waals surface area contributed by atoms with E-state index in [1.807, 2.05) is 0 Å². The van der Waals surface area contributed by atoms with Crippen LogP contribution in [-0.4, -0.2) is 11.1 Å². The molecule has 0 fully saturated rings. The summed E-state index contributed by atoms with van der Waals surface area (Å²) in [6.07, 6.45) is 0. The van der Waals surface area contributed by atoms with Gasteiger partial charge in [0, 0.05) is 6.92 Å². The van der Waals surface area contributed by atoms with Crippen LogP contribution in [0.15, 0.2) is 0 Å². The molecule has 5 heavy (non-hydrogen) atoms. The first-order valence-electron chi connectivity index (χ1n) is 0.928.